The van der Waals surface area contributed by atoms with Gasteiger partial charge in [-0.05, 0) is 31.9 Å². The summed E-state index contributed by atoms with van der Waals surface area (Å²) >= 11 is 0. The van der Waals surface area contributed by atoms with Gasteiger partial charge in [0, 0.05) is 31.2 Å². The highest BCUT2D eigenvalue weighted by atomic mass is 16.5. The molecule has 1 aliphatic rings. The van der Waals surface area contributed by atoms with Crippen LogP contribution < -0.4 is 5.32 Å². The molecule has 2 aromatic heterocycles. The Morgan fingerprint density at radius 2 is 2.32 bits per heavy atom. The van der Waals surface area contributed by atoms with E-state index < -0.39 is 0 Å². The molecule has 1 saturated heterocycles. The van der Waals surface area contributed by atoms with E-state index in [0.717, 1.165) is 43.4 Å². The molecule has 5 heteroatoms. The van der Waals surface area contributed by atoms with Crippen molar-refractivity contribution in [3.05, 3.63) is 36.5 Å². The van der Waals surface area contributed by atoms with Crippen molar-refractivity contribution in [3.8, 4) is 5.82 Å². The molecule has 0 radical (unpaired) electrons. The van der Waals surface area contributed by atoms with Crippen molar-refractivity contribution in [1.82, 2.24) is 14.5 Å². The second-order valence-electron chi connectivity index (χ2n) is 4.78. The molecule has 2 aromatic rings. The summed E-state index contributed by atoms with van der Waals surface area (Å²) in [5.41, 5.74) is 1.03. The second-order valence-corrected chi connectivity index (χ2v) is 4.78. The van der Waals surface area contributed by atoms with Crippen LogP contribution in [-0.4, -0.2) is 33.8 Å². The molecule has 1 N–H and O–H groups in total. The fourth-order valence-corrected chi connectivity index (χ4v) is 2.38. The Bertz CT molecular complexity index is 546. The number of aromatic nitrogens is 3. The lowest BCUT2D eigenvalue weighted by molar-refractivity contribution is 0.0876. The third kappa shape index (κ3) is 2.61. The van der Waals surface area contributed by atoms with Crippen molar-refractivity contribution < 1.29 is 4.74 Å². The molecule has 0 aromatic carbocycles. The molecule has 0 bridgehead atoms. The average molecular weight is 258 g/mol. The monoisotopic (exact) mass is 258 g/mol. The molecule has 3 heterocycles. The molecule has 3 rings (SSSR count). The van der Waals surface area contributed by atoms with E-state index in [1.165, 1.54) is 0 Å². The van der Waals surface area contributed by atoms with Gasteiger partial charge in [-0.25, -0.2) is 9.97 Å². The molecule has 0 amide bonds. The van der Waals surface area contributed by atoms with Crippen molar-refractivity contribution in [2.75, 3.05) is 18.5 Å². The first-order valence-electron chi connectivity index (χ1n) is 6.64. The molecule has 5 nitrogen and oxygen atoms in total. The van der Waals surface area contributed by atoms with Crippen LogP contribution >= 0.6 is 0 Å². The Balaban J connectivity index is 1.87. The molecule has 19 heavy (non-hydrogen) atoms. The minimum atomic E-state index is 0.362. The van der Waals surface area contributed by atoms with Crippen LogP contribution in [0.5, 0.6) is 0 Å². The Morgan fingerprint density at radius 1 is 1.37 bits per heavy atom. The van der Waals surface area contributed by atoms with Crippen molar-refractivity contribution in [3.63, 3.8) is 0 Å². The molecule has 1 aliphatic heterocycles. The van der Waals surface area contributed by atoms with Gasteiger partial charge in [0.25, 0.3) is 0 Å². The molecule has 100 valence electrons. The lowest BCUT2D eigenvalue weighted by Gasteiger charge is -2.25. The minimum absolute atomic E-state index is 0.362. The average Bonchev–Trinajstić information content (AvgIpc) is 2.87. The van der Waals surface area contributed by atoms with Crippen LogP contribution in [-0.2, 0) is 4.74 Å². The highest BCUT2D eigenvalue weighted by Gasteiger charge is 2.16. The number of hydrogen-bond donors (Lipinski definition) is 1. The van der Waals surface area contributed by atoms with Gasteiger partial charge < -0.3 is 10.1 Å². The van der Waals surface area contributed by atoms with Crippen LogP contribution in [0, 0.1) is 6.92 Å². The van der Waals surface area contributed by atoms with E-state index in [1.807, 2.05) is 23.8 Å². The normalized spacial score (nSPS) is 19.3. The van der Waals surface area contributed by atoms with Crippen LogP contribution in [0.3, 0.4) is 0 Å². The number of imidazole rings is 1. The zero-order chi connectivity index (χ0) is 13.1. The van der Waals surface area contributed by atoms with Crippen LogP contribution in [0.2, 0.25) is 0 Å². The fourth-order valence-electron chi connectivity index (χ4n) is 2.38. The maximum absolute atomic E-state index is 5.51. The topological polar surface area (TPSA) is 52.0 Å². The van der Waals surface area contributed by atoms with Crippen LogP contribution in [0.4, 0.5) is 5.69 Å². The van der Waals surface area contributed by atoms with Gasteiger partial charge in [0.2, 0.25) is 0 Å². The highest BCUT2D eigenvalue weighted by Crippen LogP contribution is 2.21. The van der Waals surface area contributed by atoms with Gasteiger partial charge in [-0.15, -0.1) is 0 Å². The summed E-state index contributed by atoms with van der Waals surface area (Å²) in [6.45, 7) is 3.61. The molecule has 1 unspecified atom stereocenters. The van der Waals surface area contributed by atoms with Crippen molar-refractivity contribution in [1.29, 1.82) is 0 Å². The molecule has 0 saturated carbocycles. The third-order valence-electron chi connectivity index (χ3n) is 3.36. The summed E-state index contributed by atoms with van der Waals surface area (Å²) in [7, 11) is 0. The summed E-state index contributed by atoms with van der Waals surface area (Å²) in [6, 6.07) is 4.36. The Morgan fingerprint density at radius 3 is 3.05 bits per heavy atom. The molecule has 0 aliphatic carbocycles. The van der Waals surface area contributed by atoms with Gasteiger partial charge in [-0.2, -0.15) is 0 Å². The van der Waals surface area contributed by atoms with E-state index in [-0.39, 0.29) is 0 Å². The first-order chi connectivity index (χ1) is 9.34. The van der Waals surface area contributed by atoms with Gasteiger partial charge in [0.15, 0.2) is 5.82 Å². The lowest BCUT2D eigenvalue weighted by Crippen LogP contribution is -2.30. The van der Waals surface area contributed by atoms with Crippen molar-refractivity contribution >= 4 is 5.69 Å². The summed E-state index contributed by atoms with van der Waals surface area (Å²) in [6.07, 6.45) is 7.77. The predicted molar refractivity (Wildman–Crippen MR) is 73.6 cm³/mol. The summed E-state index contributed by atoms with van der Waals surface area (Å²) in [5, 5.41) is 3.53. The van der Waals surface area contributed by atoms with Crippen molar-refractivity contribution in [2.45, 2.75) is 25.8 Å². The Hall–Kier alpha value is -1.88. The number of hydrogen-bond acceptors (Lipinski definition) is 4. The SMILES string of the molecule is Cc1nccn1-c1ncccc1NC1CCCOC1. The quantitative estimate of drug-likeness (QED) is 0.916. The van der Waals surface area contributed by atoms with Crippen LogP contribution in [0.25, 0.3) is 5.82 Å². The first-order valence-corrected chi connectivity index (χ1v) is 6.64. The first kappa shape index (κ1) is 12.2. The van der Waals surface area contributed by atoms with E-state index in [0.29, 0.717) is 6.04 Å². The van der Waals surface area contributed by atoms with E-state index in [4.69, 9.17) is 4.74 Å². The maximum Gasteiger partial charge on any atom is 0.161 e. The summed E-state index contributed by atoms with van der Waals surface area (Å²) in [5.74, 6) is 1.82. The molecule has 0 spiro atoms. The number of nitrogens with one attached hydrogen (secondary N) is 1. The number of ether oxygens (including phenoxy) is 1. The smallest absolute Gasteiger partial charge is 0.161 e. The zero-order valence-electron chi connectivity index (χ0n) is 11.0. The largest absolute Gasteiger partial charge is 0.379 e. The van der Waals surface area contributed by atoms with Gasteiger partial charge in [-0.1, -0.05) is 0 Å². The number of pyridine rings is 1. The fraction of sp³-hybridized carbons (Fsp3) is 0.429. The Labute approximate surface area is 112 Å². The number of aryl methyl sites for hydroxylation is 1. The standard InChI is InChI=1S/C14H18N4O/c1-11-15-7-8-18(11)14-13(5-2-6-16-14)17-12-4-3-9-19-10-12/h2,5-8,12,17H,3-4,9-10H2,1H3. The van der Waals surface area contributed by atoms with E-state index in [2.05, 4.69) is 21.4 Å². The summed E-state index contributed by atoms with van der Waals surface area (Å²) in [4.78, 5) is 8.72. The number of rotatable bonds is 3. The van der Waals surface area contributed by atoms with Crippen molar-refractivity contribution in [2.24, 2.45) is 0 Å². The maximum atomic E-state index is 5.51. The van der Waals surface area contributed by atoms with E-state index in [9.17, 15) is 0 Å². The minimum Gasteiger partial charge on any atom is -0.379 e. The third-order valence-corrected chi connectivity index (χ3v) is 3.36. The van der Waals surface area contributed by atoms with E-state index in [1.54, 1.807) is 12.4 Å². The molecule has 1 fully saturated rings. The molecular formula is C14H18N4O. The number of anilines is 1. The van der Waals surface area contributed by atoms with E-state index >= 15 is 0 Å². The summed E-state index contributed by atoms with van der Waals surface area (Å²) < 4.78 is 7.50. The van der Waals surface area contributed by atoms with Gasteiger partial charge >= 0.3 is 0 Å². The van der Waals surface area contributed by atoms with Gasteiger partial charge in [-0.3, -0.25) is 4.57 Å². The lowest BCUT2D eigenvalue weighted by atomic mass is 10.1. The Kier molecular flexibility index (Phi) is 3.46. The van der Waals surface area contributed by atoms with Gasteiger partial charge in [0.05, 0.1) is 12.3 Å². The number of nitrogens with zero attached hydrogens (tertiary/aromatic N) is 3. The van der Waals surface area contributed by atoms with Gasteiger partial charge in [0.1, 0.15) is 5.82 Å². The highest BCUT2D eigenvalue weighted by molar-refractivity contribution is 5.57. The zero-order valence-corrected chi connectivity index (χ0v) is 11.0. The van der Waals surface area contributed by atoms with Crippen LogP contribution in [0.1, 0.15) is 18.7 Å². The molecular weight excluding hydrogens is 240 g/mol. The molecule has 1 atom stereocenters. The second kappa shape index (κ2) is 5.40. The predicted octanol–water partition coefficient (Wildman–Crippen LogP) is 2.17. The van der Waals surface area contributed by atoms with Crippen LogP contribution in [0.15, 0.2) is 30.7 Å².